The van der Waals surface area contributed by atoms with Gasteiger partial charge in [-0.3, -0.25) is 4.79 Å². The molecule has 1 aromatic rings. The van der Waals surface area contributed by atoms with Gasteiger partial charge in [-0.2, -0.15) is 0 Å². The van der Waals surface area contributed by atoms with Crippen molar-refractivity contribution in [2.24, 2.45) is 0 Å². The SMILES string of the molecule is Cc1cc(C)c(C(=O)NCCCN2CCCCC2)cc1C. The van der Waals surface area contributed by atoms with Crippen molar-refractivity contribution < 1.29 is 4.79 Å². The largest absolute Gasteiger partial charge is 0.352 e. The van der Waals surface area contributed by atoms with E-state index < -0.39 is 0 Å². The summed E-state index contributed by atoms with van der Waals surface area (Å²) in [5.41, 5.74) is 4.30. The molecule has 1 amide bonds. The number of hydrogen-bond donors (Lipinski definition) is 1. The lowest BCUT2D eigenvalue weighted by Gasteiger charge is -2.26. The molecule has 1 N–H and O–H groups in total. The molecule has 21 heavy (non-hydrogen) atoms. The summed E-state index contributed by atoms with van der Waals surface area (Å²) in [5, 5.41) is 3.06. The zero-order chi connectivity index (χ0) is 15.2. The van der Waals surface area contributed by atoms with Crippen molar-refractivity contribution in [3.05, 3.63) is 34.4 Å². The van der Waals surface area contributed by atoms with Gasteiger partial charge in [0.05, 0.1) is 0 Å². The predicted octanol–water partition coefficient (Wildman–Crippen LogP) is 3.22. The summed E-state index contributed by atoms with van der Waals surface area (Å²) in [6.07, 6.45) is 5.07. The summed E-state index contributed by atoms with van der Waals surface area (Å²) >= 11 is 0. The van der Waals surface area contributed by atoms with E-state index in [0.29, 0.717) is 0 Å². The molecule has 0 bridgehead atoms. The second-order valence-electron chi connectivity index (χ2n) is 6.26. The van der Waals surface area contributed by atoms with Crippen LogP contribution in [0.4, 0.5) is 0 Å². The Morgan fingerprint density at radius 3 is 2.43 bits per heavy atom. The second kappa shape index (κ2) is 7.60. The summed E-state index contributed by atoms with van der Waals surface area (Å²) in [5.74, 6) is 0.0641. The van der Waals surface area contributed by atoms with Gasteiger partial charge in [0.1, 0.15) is 0 Å². The smallest absolute Gasteiger partial charge is 0.251 e. The van der Waals surface area contributed by atoms with E-state index in [1.54, 1.807) is 0 Å². The summed E-state index contributed by atoms with van der Waals surface area (Å²) in [6.45, 7) is 10.5. The molecule has 1 aromatic carbocycles. The zero-order valence-electron chi connectivity index (χ0n) is 13.7. The van der Waals surface area contributed by atoms with Crippen LogP contribution in [0, 0.1) is 20.8 Å². The van der Waals surface area contributed by atoms with Crippen molar-refractivity contribution in [3.8, 4) is 0 Å². The standard InChI is InChI=1S/C18H28N2O/c1-14-12-16(3)17(13-15(14)2)18(21)19-8-7-11-20-9-5-4-6-10-20/h12-13H,4-11H2,1-3H3,(H,19,21). The summed E-state index contributed by atoms with van der Waals surface area (Å²) < 4.78 is 0. The number of nitrogens with zero attached hydrogens (tertiary/aromatic N) is 1. The lowest BCUT2D eigenvalue weighted by molar-refractivity contribution is 0.0950. The number of nitrogens with one attached hydrogen (secondary N) is 1. The van der Waals surface area contributed by atoms with Crippen molar-refractivity contribution in [2.45, 2.75) is 46.5 Å². The molecular formula is C18H28N2O. The highest BCUT2D eigenvalue weighted by molar-refractivity contribution is 5.95. The number of amides is 1. The monoisotopic (exact) mass is 288 g/mol. The fraction of sp³-hybridized carbons (Fsp3) is 0.611. The molecular weight excluding hydrogens is 260 g/mol. The maximum atomic E-state index is 12.3. The van der Waals surface area contributed by atoms with Crippen LogP contribution in [0.15, 0.2) is 12.1 Å². The van der Waals surface area contributed by atoms with Crippen molar-refractivity contribution in [3.63, 3.8) is 0 Å². The van der Waals surface area contributed by atoms with Crippen LogP contribution in [-0.4, -0.2) is 37.0 Å². The number of benzene rings is 1. The molecule has 2 rings (SSSR count). The van der Waals surface area contributed by atoms with Crippen LogP contribution in [0.1, 0.15) is 52.7 Å². The number of piperidine rings is 1. The van der Waals surface area contributed by atoms with Crippen LogP contribution in [0.3, 0.4) is 0 Å². The maximum absolute atomic E-state index is 12.3. The molecule has 0 unspecified atom stereocenters. The number of carbonyl (C=O) groups excluding carboxylic acids is 1. The van der Waals surface area contributed by atoms with Crippen LogP contribution >= 0.6 is 0 Å². The molecule has 0 aromatic heterocycles. The Morgan fingerprint density at radius 1 is 1.05 bits per heavy atom. The van der Waals surface area contributed by atoms with Crippen LogP contribution in [0.25, 0.3) is 0 Å². The minimum Gasteiger partial charge on any atom is -0.352 e. The van der Waals surface area contributed by atoms with Gasteiger partial charge in [-0.05, 0) is 82.4 Å². The average Bonchev–Trinajstić information content (AvgIpc) is 2.48. The summed E-state index contributed by atoms with van der Waals surface area (Å²) in [4.78, 5) is 14.8. The highest BCUT2D eigenvalue weighted by atomic mass is 16.1. The van der Waals surface area contributed by atoms with Gasteiger partial charge in [0.2, 0.25) is 0 Å². The van der Waals surface area contributed by atoms with Crippen LogP contribution < -0.4 is 5.32 Å². The van der Waals surface area contributed by atoms with E-state index in [4.69, 9.17) is 0 Å². The molecule has 0 saturated carbocycles. The first-order chi connectivity index (χ1) is 10.1. The van der Waals surface area contributed by atoms with Crippen LogP contribution in [-0.2, 0) is 0 Å². The first-order valence-electron chi connectivity index (χ1n) is 8.16. The maximum Gasteiger partial charge on any atom is 0.251 e. The molecule has 1 saturated heterocycles. The van der Waals surface area contributed by atoms with E-state index in [0.717, 1.165) is 30.6 Å². The molecule has 3 nitrogen and oxygen atoms in total. The average molecular weight is 288 g/mol. The summed E-state index contributed by atoms with van der Waals surface area (Å²) in [7, 11) is 0. The Labute approximate surface area is 128 Å². The third-order valence-electron chi connectivity index (χ3n) is 4.47. The quantitative estimate of drug-likeness (QED) is 0.844. The Bertz CT molecular complexity index is 490. The van der Waals surface area contributed by atoms with E-state index in [2.05, 4.69) is 30.1 Å². The number of likely N-dealkylation sites (tertiary alicyclic amines) is 1. The molecule has 1 aliphatic heterocycles. The van der Waals surface area contributed by atoms with Gasteiger partial charge in [-0.25, -0.2) is 0 Å². The predicted molar refractivity (Wildman–Crippen MR) is 87.9 cm³/mol. The molecule has 0 spiro atoms. The highest BCUT2D eigenvalue weighted by Crippen LogP contribution is 2.15. The third kappa shape index (κ3) is 4.57. The third-order valence-corrected chi connectivity index (χ3v) is 4.47. The van der Waals surface area contributed by atoms with Crippen molar-refractivity contribution in [2.75, 3.05) is 26.2 Å². The first kappa shape index (κ1) is 16.0. The highest BCUT2D eigenvalue weighted by Gasteiger charge is 2.11. The molecule has 3 heteroatoms. The van der Waals surface area contributed by atoms with E-state index in [1.165, 1.54) is 43.5 Å². The molecule has 0 atom stereocenters. The van der Waals surface area contributed by atoms with E-state index >= 15 is 0 Å². The fourth-order valence-electron chi connectivity index (χ4n) is 2.99. The van der Waals surface area contributed by atoms with Gasteiger partial charge < -0.3 is 10.2 Å². The van der Waals surface area contributed by atoms with Gasteiger partial charge >= 0.3 is 0 Å². The molecule has 1 heterocycles. The normalized spacial score (nSPS) is 16.0. The minimum absolute atomic E-state index is 0.0641. The zero-order valence-corrected chi connectivity index (χ0v) is 13.7. The van der Waals surface area contributed by atoms with Gasteiger partial charge in [-0.1, -0.05) is 12.5 Å². The number of rotatable bonds is 5. The summed E-state index contributed by atoms with van der Waals surface area (Å²) in [6, 6.07) is 4.10. The first-order valence-corrected chi connectivity index (χ1v) is 8.16. The molecule has 0 aliphatic carbocycles. The van der Waals surface area contributed by atoms with Crippen molar-refractivity contribution in [1.82, 2.24) is 10.2 Å². The molecule has 1 fully saturated rings. The van der Waals surface area contributed by atoms with Crippen molar-refractivity contribution >= 4 is 5.91 Å². The Kier molecular flexibility index (Phi) is 5.80. The van der Waals surface area contributed by atoms with E-state index in [-0.39, 0.29) is 5.91 Å². The van der Waals surface area contributed by atoms with Gasteiger partial charge in [0.15, 0.2) is 0 Å². The number of aryl methyl sites for hydroxylation is 3. The Morgan fingerprint density at radius 2 is 1.71 bits per heavy atom. The number of carbonyl (C=O) groups is 1. The van der Waals surface area contributed by atoms with E-state index in [9.17, 15) is 4.79 Å². The molecule has 0 radical (unpaired) electrons. The van der Waals surface area contributed by atoms with Gasteiger partial charge in [0, 0.05) is 12.1 Å². The number of hydrogen-bond acceptors (Lipinski definition) is 2. The lowest BCUT2D eigenvalue weighted by atomic mass is 10.0. The lowest BCUT2D eigenvalue weighted by Crippen LogP contribution is -2.33. The molecule has 116 valence electrons. The van der Waals surface area contributed by atoms with Gasteiger partial charge in [0.25, 0.3) is 5.91 Å². The topological polar surface area (TPSA) is 32.3 Å². The van der Waals surface area contributed by atoms with Crippen LogP contribution in [0.5, 0.6) is 0 Å². The minimum atomic E-state index is 0.0641. The Balaban J connectivity index is 1.78. The molecule has 1 aliphatic rings. The van der Waals surface area contributed by atoms with E-state index in [1.807, 2.05) is 13.0 Å². The second-order valence-corrected chi connectivity index (χ2v) is 6.26. The van der Waals surface area contributed by atoms with Crippen molar-refractivity contribution in [1.29, 1.82) is 0 Å². The van der Waals surface area contributed by atoms with Crippen LogP contribution in [0.2, 0.25) is 0 Å². The Hall–Kier alpha value is -1.35. The van der Waals surface area contributed by atoms with Gasteiger partial charge in [-0.15, -0.1) is 0 Å². The fourth-order valence-corrected chi connectivity index (χ4v) is 2.99.